The van der Waals surface area contributed by atoms with E-state index in [1.54, 1.807) is 4.57 Å². The molecule has 5 nitrogen and oxygen atoms in total. The van der Waals surface area contributed by atoms with Gasteiger partial charge in [0.05, 0.1) is 0 Å². The van der Waals surface area contributed by atoms with Crippen LogP contribution < -0.4 is 5.14 Å². The zero-order valence-corrected chi connectivity index (χ0v) is 12.4. The monoisotopic (exact) mass is 315 g/mol. The van der Waals surface area contributed by atoms with Crippen LogP contribution in [0.5, 0.6) is 0 Å². The Hall–Kier alpha value is -1.80. The van der Waals surface area contributed by atoms with Crippen molar-refractivity contribution in [2.45, 2.75) is 31.3 Å². The minimum atomic E-state index is -3.91. The van der Waals surface area contributed by atoms with Crippen LogP contribution in [0.4, 0.5) is 8.78 Å². The van der Waals surface area contributed by atoms with Crippen LogP contribution in [-0.4, -0.2) is 18.0 Å². The number of imidazole rings is 1. The summed E-state index contributed by atoms with van der Waals surface area (Å²) in [7, 11) is -3.91. The lowest BCUT2D eigenvalue weighted by Gasteiger charge is -2.10. The molecule has 8 heteroatoms. The molecule has 0 spiro atoms. The fourth-order valence-electron chi connectivity index (χ4n) is 1.96. The third-order valence-electron chi connectivity index (χ3n) is 2.93. The minimum Gasteiger partial charge on any atom is -0.329 e. The van der Waals surface area contributed by atoms with E-state index in [1.165, 1.54) is 12.3 Å². The normalized spacial score (nSPS) is 12.1. The molecular formula is C13H15F2N3O2S. The molecule has 2 N–H and O–H groups in total. The second-order valence-corrected chi connectivity index (χ2v) is 6.52. The number of nitrogens with zero attached hydrogens (tertiary/aromatic N) is 2. The number of benzene rings is 1. The van der Waals surface area contributed by atoms with Gasteiger partial charge in [0, 0.05) is 18.7 Å². The summed E-state index contributed by atoms with van der Waals surface area (Å²) in [6, 6.07) is 3.52. The highest BCUT2D eigenvalue weighted by Gasteiger charge is 2.18. The van der Waals surface area contributed by atoms with Crippen LogP contribution in [0.25, 0.3) is 0 Å². The summed E-state index contributed by atoms with van der Waals surface area (Å²) in [5, 5.41) is 4.82. The summed E-state index contributed by atoms with van der Waals surface area (Å²) < 4.78 is 50.4. The SMILES string of the molecule is CC(C)c1nc(S(N)(=O)=O)cn1Cc1ccc(F)c(F)c1. The molecule has 0 unspecified atom stereocenters. The maximum atomic E-state index is 13.2. The van der Waals surface area contributed by atoms with E-state index >= 15 is 0 Å². The van der Waals surface area contributed by atoms with E-state index < -0.39 is 21.7 Å². The Balaban J connectivity index is 2.43. The number of hydrogen-bond acceptors (Lipinski definition) is 3. The molecular weight excluding hydrogens is 300 g/mol. The van der Waals surface area contributed by atoms with E-state index in [1.807, 2.05) is 13.8 Å². The smallest absolute Gasteiger partial charge is 0.257 e. The predicted octanol–water partition coefficient (Wildman–Crippen LogP) is 1.98. The molecule has 0 aliphatic heterocycles. The van der Waals surface area contributed by atoms with Gasteiger partial charge in [-0.05, 0) is 17.7 Å². The number of sulfonamides is 1. The Morgan fingerprint density at radius 3 is 2.48 bits per heavy atom. The van der Waals surface area contributed by atoms with Crippen molar-refractivity contribution in [1.29, 1.82) is 0 Å². The average molecular weight is 315 g/mol. The van der Waals surface area contributed by atoms with Gasteiger partial charge in [0.1, 0.15) is 5.82 Å². The second-order valence-electron chi connectivity index (χ2n) is 5.01. The zero-order chi connectivity index (χ0) is 15.8. The van der Waals surface area contributed by atoms with E-state index in [4.69, 9.17) is 5.14 Å². The van der Waals surface area contributed by atoms with Crippen molar-refractivity contribution in [3.63, 3.8) is 0 Å². The summed E-state index contributed by atoms with van der Waals surface area (Å²) in [5.41, 5.74) is 0.495. The first kappa shape index (κ1) is 15.6. The van der Waals surface area contributed by atoms with Crippen molar-refractivity contribution in [2.75, 3.05) is 0 Å². The Morgan fingerprint density at radius 2 is 1.95 bits per heavy atom. The molecule has 2 rings (SSSR count). The van der Waals surface area contributed by atoms with Crippen LogP contribution in [0.2, 0.25) is 0 Å². The van der Waals surface area contributed by atoms with Gasteiger partial charge in [-0.15, -0.1) is 0 Å². The summed E-state index contributed by atoms with van der Waals surface area (Å²) in [5.74, 6) is -1.43. The molecule has 2 aromatic rings. The largest absolute Gasteiger partial charge is 0.329 e. The zero-order valence-electron chi connectivity index (χ0n) is 11.5. The Labute approximate surface area is 121 Å². The number of halogens is 2. The van der Waals surface area contributed by atoms with Gasteiger partial charge in [0.25, 0.3) is 10.0 Å². The number of hydrogen-bond donors (Lipinski definition) is 1. The lowest BCUT2D eigenvalue weighted by Crippen LogP contribution is -2.12. The van der Waals surface area contributed by atoms with E-state index in [9.17, 15) is 17.2 Å². The summed E-state index contributed by atoms with van der Waals surface area (Å²) >= 11 is 0. The van der Waals surface area contributed by atoms with Crippen LogP contribution in [0.15, 0.2) is 29.4 Å². The maximum absolute atomic E-state index is 13.2. The molecule has 0 radical (unpaired) electrons. The molecule has 0 bridgehead atoms. The first-order valence-corrected chi connectivity index (χ1v) is 7.77. The van der Waals surface area contributed by atoms with Crippen molar-refractivity contribution in [1.82, 2.24) is 9.55 Å². The third-order valence-corrected chi connectivity index (χ3v) is 3.71. The quantitative estimate of drug-likeness (QED) is 0.937. The highest BCUT2D eigenvalue weighted by Crippen LogP contribution is 2.19. The molecule has 0 saturated carbocycles. The van der Waals surface area contributed by atoms with Gasteiger partial charge in [-0.3, -0.25) is 0 Å². The Morgan fingerprint density at radius 1 is 1.29 bits per heavy atom. The van der Waals surface area contributed by atoms with E-state index in [0.29, 0.717) is 11.4 Å². The molecule has 0 amide bonds. The summed E-state index contributed by atoms with van der Waals surface area (Å²) in [4.78, 5) is 4.00. The molecule has 114 valence electrons. The lowest BCUT2D eigenvalue weighted by atomic mass is 10.2. The molecule has 0 aliphatic rings. The van der Waals surface area contributed by atoms with E-state index in [0.717, 1.165) is 12.1 Å². The maximum Gasteiger partial charge on any atom is 0.257 e. The van der Waals surface area contributed by atoms with Crippen molar-refractivity contribution in [3.8, 4) is 0 Å². The van der Waals surface area contributed by atoms with Gasteiger partial charge < -0.3 is 4.57 Å². The minimum absolute atomic E-state index is 0.0502. The highest BCUT2D eigenvalue weighted by molar-refractivity contribution is 7.89. The van der Waals surface area contributed by atoms with Crippen LogP contribution in [0, 0.1) is 11.6 Å². The molecule has 0 aliphatic carbocycles. The van der Waals surface area contributed by atoms with Crippen LogP contribution >= 0.6 is 0 Å². The third kappa shape index (κ3) is 3.45. The standard InChI is InChI=1S/C13H15F2N3O2S/c1-8(2)13-17-12(21(16,19)20)7-18(13)6-9-3-4-10(14)11(15)5-9/h3-5,7-8H,6H2,1-2H3,(H2,16,19,20). The fraction of sp³-hybridized carbons (Fsp3) is 0.308. The number of rotatable bonds is 4. The highest BCUT2D eigenvalue weighted by atomic mass is 32.2. The van der Waals surface area contributed by atoms with Crippen LogP contribution in [0.3, 0.4) is 0 Å². The molecule has 0 saturated heterocycles. The van der Waals surface area contributed by atoms with Crippen molar-refractivity contribution < 1.29 is 17.2 Å². The predicted molar refractivity (Wildman–Crippen MR) is 73.1 cm³/mol. The molecule has 21 heavy (non-hydrogen) atoms. The van der Waals surface area contributed by atoms with Gasteiger partial charge in [-0.25, -0.2) is 27.3 Å². The Kier molecular flexibility index (Phi) is 4.11. The summed E-state index contributed by atoms with van der Waals surface area (Å²) in [6.45, 7) is 3.86. The first-order chi connectivity index (χ1) is 9.68. The fourth-order valence-corrected chi connectivity index (χ4v) is 2.46. The summed E-state index contributed by atoms with van der Waals surface area (Å²) in [6.07, 6.45) is 1.30. The van der Waals surface area contributed by atoms with Gasteiger partial charge >= 0.3 is 0 Å². The topological polar surface area (TPSA) is 78.0 Å². The van der Waals surface area contributed by atoms with Gasteiger partial charge in [0.15, 0.2) is 16.7 Å². The molecule has 0 fully saturated rings. The molecule has 1 aromatic heterocycles. The van der Waals surface area contributed by atoms with Crippen molar-refractivity contribution in [2.24, 2.45) is 5.14 Å². The molecule has 1 heterocycles. The first-order valence-electron chi connectivity index (χ1n) is 6.22. The van der Waals surface area contributed by atoms with E-state index in [-0.39, 0.29) is 17.5 Å². The van der Waals surface area contributed by atoms with Crippen molar-refractivity contribution in [3.05, 3.63) is 47.4 Å². The number of primary sulfonamides is 1. The average Bonchev–Trinajstić information content (AvgIpc) is 2.78. The van der Waals surface area contributed by atoms with E-state index in [2.05, 4.69) is 4.98 Å². The molecule has 1 aromatic carbocycles. The lowest BCUT2D eigenvalue weighted by molar-refractivity contribution is 0.506. The molecule has 0 atom stereocenters. The van der Waals surface area contributed by atoms with Crippen LogP contribution in [-0.2, 0) is 16.6 Å². The second kappa shape index (κ2) is 5.53. The van der Waals surface area contributed by atoms with Gasteiger partial charge in [-0.1, -0.05) is 19.9 Å². The number of aromatic nitrogens is 2. The van der Waals surface area contributed by atoms with Crippen molar-refractivity contribution >= 4 is 10.0 Å². The van der Waals surface area contributed by atoms with Crippen LogP contribution in [0.1, 0.15) is 31.2 Å². The van der Waals surface area contributed by atoms with Gasteiger partial charge in [0.2, 0.25) is 0 Å². The Bertz CT molecular complexity index is 770. The van der Waals surface area contributed by atoms with Gasteiger partial charge in [-0.2, -0.15) is 0 Å². The number of nitrogens with two attached hydrogens (primary N) is 1.